The molecule has 3 rings (SSSR count). The molecular weight excluding hydrogens is 508 g/mol. The highest BCUT2D eigenvalue weighted by Crippen LogP contribution is 2.32. The zero-order valence-electron chi connectivity index (χ0n) is 24.6. The number of hydrogen-bond acceptors (Lipinski definition) is 7. The number of nitrogens with zero attached hydrogens (tertiary/aromatic N) is 3. The van der Waals surface area contributed by atoms with Crippen molar-refractivity contribution in [3.63, 3.8) is 0 Å². The van der Waals surface area contributed by atoms with Crippen molar-refractivity contribution in [2.45, 2.75) is 58.9 Å². The van der Waals surface area contributed by atoms with Crippen molar-refractivity contribution in [1.82, 2.24) is 9.91 Å². The molecule has 0 aliphatic carbocycles. The molecule has 1 atom stereocenters. The number of hydrogen-bond donors (Lipinski definition) is 1. The van der Waals surface area contributed by atoms with Gasteiger partial charge in [-0.05, 0) is 82.7 Å². The maximum Gasteiger partial charge on any atom is 0.411 e. The standard InChI is InChI=1S/C31H44N4O5/c1-6-24-21-29(36)35(33-30(24)25-14-17-27(38-5)28(20-25)39-7-2)22-23-12-15-26(16-13-23)32-31(37)40-19-11-9-8-10-18-34(3)4/h12-17,20,24H,6-11,18-19,21-22H2,1-5H3,(H,32,37). The molecule has 2 amide bonds. The van der Waals surface area contributed by atoms with E-state index >= 15 is 0 Å². The van der Waals surface area contributed by atoms with Gasteiger partial charge in [0, 0.05) is 23.6 Å². The summed E-state index contributed by atoms with van der Waals surface area (Å²) in [6, 6.07) is 13.2. The average Bonchev–Trinajstić information content (AvgIpc) is 2.94. The van der Waals surface area contributed by atoms with Gasteiger partial charge in [-0.15, -0.1) is 0 Å². The fraction of sp³-hybridized carbons (Fsp3) is 0.516. The Kier molecular flexibility index (Phi) is 12.3. The molecule has 2 aromatic rings. The van der Waals surface area contributed by atoms with Crippen LogP contribution in [0.15, 0.2) is 47.6 Å². The number of carbonyl (C=O) groups excluding carboxylic acids is 2. The third kappa shape index (κ3) is 9.26. The van der Waals surface area contributed by atoms with Crippen LogP contribution in [0.3, 0.4) is 0 Å². The van der Waals surface area contributed by atoms with Gasteiger partial charge in [-0.2, -0.15) is 5.10 Å². The normalized spacial score (nSPS) is 15.2. The lowest BCUT2D eigenvalue weighted by Crippen LogP contribution is -2.36. The van der Waals surface area contributed by atoms with Gasteiger partial charge in [-0.25, -0.2) is 9.80 Å². The highest BCUT2D eigenvalue weighted by Gasteiger charge is 2.29. The summed E-state index contributed by atoms with van der Waals surface area (Å²) in [5.41, 5.74) is 3.33. The fourth-order valence-electron chi connectivity index (χ4n) is 4.61. The summed E-state index contributed by atoms with van der Waals surface area (Å²) in [4.78, 5) is 27.3. The number of ether oxygens (including phenoxy) is 3. The maximum absolute atomic E-state index is 12.9. The third-order valence-electron chi connectivity index (χ3n) is 6.84. The van der Waals surface area contributed by atoms with E-state index in [-0.39, 0.29) is 11.8 Å². The Morgan fingerprint density at radius 2 is 1.80 bits per heavy atom. The van der Waals surface area contributed by atoms with Crippen molar-refractivity contribution < 1.29 is 23.8 Å². The van der Waals surface area contributed by atoms with Crippen LogP contribution < -0.4 is 14.8 Å². The number of nitrogens with one attached hydrogen (secondary N) is 1. The minimum absolute atomic E-state index is 0.0124. The zero-order chi connectivity index (χ0) is 28.9. The lowest BCUT2D eigenvalue weighted by molar-refractivity contribution is -0.133. The van der Waals surface area contributed by atoms with Gasteiger partial charge in [0.05, 0.1) is 32.6 Å². The molecule has 0 aromatic heterocycles. The molecule has 218 valence electrons. The molecule has 0 spiro atoms. The van der Waals surface area contributed by atoms with Crippen molar-refractivity contribution in [2.75, 3.05) is 46.3 Å². The number of unbranched alkanes of at least 4 members (excludes halogenated alkanes) is 3. The molecule has 0 saturated carbocycles. The van der Waals surface area contributed by atoms with Crippen LogP contribution in [0.1, 0.15) is 63.5 Å². The van der Waals surface area contributed by atoms with E-state index in [0.29, 0.717) is 43.4 Å². The second kappa shape index (κ2) is 15.9. The van der Waals surface area contributed by atoms with Crippen molar-refractivity contribution in [2.24, 2.45) is 11.0 Å². The molecule has 9 nitrogen and oxygen atoms in total. The third-order valence-corrected chi connectivity index (χ3v) is 6.84. The summed E-state index contributed by atoms with van der Waals surface area (Å²) in [5, 5.41) is 9.09. The van der Waals surface area contributed by atoms with Gasteiger partial charge in [-0.3, -0.25) is 10.1 Å². The molecule has 1 heterocycles. The first-order valence-corrected chi connectivity index (χ1v) is 14.2. The van der Waals surface area contributed by atoms with Crippen LogP contribution in [-0.4, -0.2) is 68.6 Å². The Labute approximate surface area is 238 Å². The monoisotopic (exact) mass is 552 g/mol. The number of amides is 2. The van der Waals surface area contributed by atoms with E-state index in [1.165, 1.54) is 5.01 Å². The molecule has 2 aromatic carbocycles. The first kappa shape index (κ1) is 30.9. The first-order chi connectivity index (χ1) is 19.3. The molecule has 1 unspecified atom stereocenters. The fourth-order valence-corrected chi connectivity index (χ4v) is 4.61. The van der Waals surface area contributed by atoms with Crippen molar-refractivity contribution in [1.29, 1.82) is 0 Å². The Balaban J connectivity index is 1.58. The van der Waals surface area contributed by atoms with E-state index in [1.807, 2.05) is 49.4 Å². The van der Waals surface area contributed by atoms with E-state index in [4.69, 9.17) is 19.3 Å². The number of benzene rings is 2. The van der Waals surface area contributed by atoms with E-state index in [0.717, 1.165) is 55.5 Å². The lowest BCUT2D eigenvalue weighted by Gasteiger charge is -2.29. The van der Waals surface area contributed by atoms with E-state index < -0.39 is 6.09 Å². The topological polar surface area (TPSA) is 92.7 Å². The molecule has 0 bridgehead atoms. The van der Waals surface area contributed by atoms with Gasteiger partial charge in [0.1, 0.15) is 0 Å². The summed E-state index contributed by atoms with van der Waals surface area (Å²) in [6.07, 6.45) is 4.92. The maximum atomic E-state index is 12.9. The highest BCUT2D eigenvalue weighted by molar-refractivity contribution is 6.06. The van der Waals surface area contributed by atoms with Crippen LogP contribution in [0.2, 0.25) is 0 Å². The van der Waals surface area contributed by atoms with Crippen LogP contribution in [-0.2, 0) is 16.1 Å². The van der Waals surface area contributed by atoms with E-state index in [1.54, 1.807) is 7.11 Å². The second-order valence-corrected chi connectivity index (χ2v) is 10.2. The Bertz CT molecular complexity index is 1130. The molecule has 9 heteroatoms. The summed E-state index contributed by atoms with van der Waals surface area (Å²) in [5.74, 6) is 1.34. The highest BCUT2D eigenvalue weighted by atomic mass is 16.5. The SMILES string of the molecule is CCOc1cc(C2=NN(Cc3ccc(NC(=O)OCCCCCCN(C)C)cc3)C(=O)CC2CC)ccc1OC. The number of anilines is 1. The summed E-state index contributed by atoms with van der Waals surface area (Å²) in [7, 11) is 5.76. The van der Waals surface area contributed by atoms with Gasteiger partial charge < -0.3 is 19.1 Å². The minimum Gasteiger partial charge on any atom is -0.493 e. The molecule has 0 fully saturated rings. The van der Waals surface area contributed by atoms with Gasteiger partial charge in [0.15, 0.2) is 11.5 Å². The van der Waals surface area contributed by atoms with Gasteiger partial charge in [-0.1, -0.05) is 31.9 Å². The second-order valence-electron chi connectivity index (χ2n) is 10.2. The number of rotatable bonds is 15. The smallest absolute Gasteiger partial charge is 0.411 e. The Morgan fingerprint density at radius 3 is 2.48 bits per heavy atom. The van der Waals surface area contributed by atoms with Crippen LogP contribution >= 0.6 is 0 Å². The quantitative estimate of drug-likeness (QED) is 0.276. The van der Waals surface area contributed by atoms with Crippen molar-refractivity contribution >= 4 is 23.4 Å². The summed E-state index contributed by atoms with van der Waals surface area (Å²) in [6.45, 7) is 6.34. The average molecular weight is 553 g/mol. The van der Waals surface area contributed by atoms with Crippen LogP contribution in [0.25, 0.3) is 0 Å². The molecular formula is C31H44N4O5. The predicted octanol–water partition coefficient (Wildman–Crippen LogP) is 5.93. The molecule has 40 heavy (non-hydrogen) atoms. The minimum atomic E-state index is -0.460. The van der Waals surface area contributed by atoms with E-state index in [2.05, 4.69) is 31.2 Å². The van der Waals surface area contributed by atoms with E-state index in [9.17, 15) is 9.59 Å². The Morgan fingerprint density at radius 1 is 1.05 bits per heavy atom. The number of hydrazone groups is 1. The zero-order valence-corrected chi connectivity index (χ0v) is 24.6. The van der Waals surface area contributed by atoms with Crippen molar-refractivity contribution in [3.8, 4) is 11.5 Å². The van der Waals surface area contributed by atoms with Gasteiger partial charge >= 0.3 is 6.09 Å². The lowest BCUT2D eigenvalue weighted by atomic mass is 9.89. The predicted molar refractivity (Wildman–Crippen MR) is 158 cm³/mol. The van der Waals surface area contributed by atoms with Crippen molar-refractivity contribution in [3.05, 3.63) is 53.6 Å². The van der Waals surface area contributed by atoms with Gasteiger partial charge in [0.2, 0.25) is 5.91 Å². The van der Waals surface area contributed by atoms with Crippen LogP contribution in [0, 0.1) is 5.92 Å². The number of methoxy groups -OCH3 is 1. The largest absolute Gasteiger partial charge is 0.493 e. The molecule has 1 N–H and O–H groups in total. The number of carbonyl (C=O) groups is 2. The van der Waals surface area contributed by atoms with Gasteiger partial charge in [0.25, 0.3) is 0 Å². The molecule has 0 radical (unpaired) electrons. The van der Waals surface area contributed by atoms with Crippen LogP contribution in [0.5, 0.6) is 11.5 Å². The summed E-state index contributed by atoms with van der Waals surface area (Å²) >= 11 is 0. The molecule has 1 aliphatic rings. The van der Waals surface area contributed by atoms with Crippen LogP contribution in [0.4, 0.5) is 10.5 Å². The molecule has 0 saturated heterocycles. The Hall–Kier alpha value is -3.59. The summed E-state index contributed by atoms with van der Waals surface area (Å²) < 4.78 is 16.5. The molecule has 1 aliphatic heterocycles. The first-order valence-electron chi connectivity index (χ1n) is 14.2.